The van der Waals surface area contributed by atoms with E-state index in [1.807, 2.05) is 6.07 Å². The van der Waals surface area contributed by atoms with E-state index in [4.69, 9.17) is 15.4 Å². The fourth-order valence-corrected chi connectivity index (χ4v) is 0.830. The maximum absolute atomic E-state index is 8.51. The van der Waals surface area contributed by atoms with Crippen LogP contribution in [0.25, 0.3) is 0 Å². The maximum Gasteiger partial charge on any atom is 0.150 e. The normalized spacial score (nSPS) is 10.4. The summed E-state index contributed by atoms with van der Waals surface area (Å²) >= 11 is 0. The van der Waals surface area contributed by atoms with Crippen molar-refractivity contribution >= 4 is 0 Å². The van der Waals surface area contributed by atoms with Crippen molar-refractivity contribution in [3.8, 4) is 0 Å². The highest BCUT2D eigenvalue weighted by Gasteiger charge is 2.00. The highest BCUT2D eigenvalue weighted by Crippen LogP contribution is 2.04. The molecule has 0 amide bonds. The number of aryl methyl sites for hydroxylation is 1. The fourth-order valence-electron chi connectivity index (χ4n) is 0.830. The molecule has 0 aliphatic rings. The Balaban J connectivity index is 2.44. The first-order chi connectivity index (χ1) is 5.36. The molecular formula is C7H12N2O2. The summed E-state index contributed by atoms with van der Waals surface area (Å²) in [5.74, 6) is 0.693. The lowest BCUT2D eigenvalue weighted by Gasteiger charge is -1.88. The Bertz CT molecular complexity index is 210. The van der Waals surface area contributed by atoms with Crippen LogP contribution in [0.3, 0.4) is 0 Å². The highest BCUT2D eigenvalue weighted by atomic mass is 16.5. The van der Waals surface area contributed by atoms with Crippen LogP contribution in [0.2, 0.25) is 0 Å². The minimum absolute atomic E-state index is 0.185. The Labute approximate surface area is 65.0 Å². The van der Waals surface area contributed by atoms with E-state index in [0.717, 1.165) is 18.5 Å². The van der Waals surface area contributed by atoms with E-state index in [1.54, 1.807) is 0 Å². The van der Waals surface area contributed by atoms with Gasteiger partial charge in [0.15, 0.2) is 5.76 Å². The number of rotatable bonds is 4. The zero-order valence-corrected chi connectivity index (χ0v) is 6.29. The summed E-state index contributed by atoms with van der Waals surface area (Å²) in [5.41, 5.74) is 6.17. The highest BCUT2D eigenvalue weighted by molar-refractivity contribution is 5.04. The van der Waals surface area contributed by atoms with E-state index in [9.17, 15) is 0 Å². The minimum Gasteiger partial charge on any atom is -0.396 e. The fraction of sp³-hybridized carbons (Fsp3) is 0.571. The lowest BCUT2D eigenvalue weighted by molar-refractivity contribution is 0.286. The van der Waals surface area contributed by atoms with Gasteiger partial charge in [-0.3, -0.25) is 0 Å². The molecule has 0 aliphatic carbocycles. The molecule has 1 heterocycles. The average Bonchev–Trinajstić information content (AvgIpc) is 2.48. The summed E-state index contributed by atoms with van der Waals surface area (Å²) in [7, 11) is 0. The summed E-state index contributed by atoms with van der Waals surface area (Å²) in [6.07, 6.45) is 1.47. The van der Waals surface area contributed by atoms with E-state index in [1.165, 1.54) is 0 Å². The monoisotopic (exact) mass is 156 g/mol. The van der Waals surface area contributed by atoms with Crippen LogP contribution < -0.4 is 5.73 Å². The zero-order valence-electron chi connectivity index (χ0n) is 6.29. The van der Waals surface area contributed by atoms with Crippen molar-refractivity contribution in [1.82, 2.24) is 5.16 Å². The number of nitrogens with zero attached hydrogens (tertiary/aromatic N) is 1. The molecule has 0 saturated carbocycles. The molecule has 0 spiro atoms. The van der Waals surface area contributed by atoms with E-state index < -0.39 is 0 Å². The third-order valence-electron chi connectivity index (χ3n) is 1.40. The smallest absolute Gasteiger partial charge is 0.150 e. The standard InChI is InChI=1S/C7H12N2O2/c8-5-7-4-6(9-11-7)2-1-3-10/h4,10H,1-3,5,8H2. The quantitative estimate of drug-likeness (QED) is 0.646. The largest absolute Gasteiger partial charge is 0.396 e. The van der Waals surface area contributed by atoms with E-state index in [0.29, 0.717) is 12.3 Å². The molecule has 0 bridgehead atoms. The molecule has 1 aromatic heterocycles. The summed E-state index contributed by atoms with van der Waals surface area (Å²) in [5, 5.41) is 12.3. The maximum atomic E-state index is 8.51. The summed E-state index contributed by atoms with van der Waals surface area (Å²) in [6.45, 7) is 0.566. The van der Waals surface area contributed by atoms with Gasteiger partial charge in [-0.1, -0.05) is 5.16 Å². The Kier molecular flexibility index (Phi) is 3.07. The predicted molar refractivity (Wildman–Crippen MR) is 39.8 cm³/mol. The molecule has 0 aromatic carbocycles. The lowest BCUT2D eigenvalue weighted by Crippen LogP contribution is -1.93. The van der Waals surface area contributed by atoms with Crippen molar-refractivity contribution in [2.75, 3.05) is 6.61 Å². The molecule has 0 fully saturated rings. The second kappa shape index (κ2) is 4.10. The van der Waals surface area contributed by atoms with Crippen LogP contribution in [0, 0.1) is 0 Å². The minimum atomic E-state index is 0.185. The summed E-state index contributed by atoms with van der Waals surface area (Å²) < 4.78 is 4.85. The van der Waals surface area contributed by atoms with Gasteiger partial charge in [0.1, 0.15) is 0 Å². The summed E-state index contributed by atoms with van der Waals surface area (Å²) in [6, 6.07) is 1.82. The Hall–Kier alpha value is -0.870. The van der Waals surface area contributed by atoms with Crippen molar-refractivity contribution in [2.24, 2.45) is 5.73 Å². The Morgan fingerprint density at radius 1 is 1.64 bits per heavy atom. The average molecular weight is 156 g/mol. The van der Waals surface area contributed by atoms with E-state index in [-0.39, 0.29) is 6.61 Å². The van der Waals surface area contributed by atoms with Gasteiger partial charge in [0.25, 0.3) is 0 Å². The number of aromatic nitrogens is 1. The molecular weight excluding hydrogens is 144 g/mol. The molecule has 0 atom stereocenters. The number of nitrogens with two attached hydrogens (primary N) is 1. The molecule has 1 aromatic rings. The second-order valence-corrected chi connectivity index (χ2v) is 2.32. The Morgan fingerprint density at radius 2 is 2.45 bits per heavy atom. The number of hydrogen-bond acceptors (Lipinski definition) is 4. The van der Waals surface area contributed by atoms with Crippen LogP contribution in [-0.4, -0.2) is 16.9 Å². The van der Waals surface area contributed by atoms with Crippen molar-refractivity contribution in [3.63, 3.8) is 0 Å². The van der Waals surface area contributed by atoms with Crippen LogP contribution in [0.5, 0.6) is 0 Å². The molecule has 0 unspecified atom stereocenters. The lowest BCUT2D eigenvalue weighted by atomic mass is 10.2. The molecule has 3 N–H and O–H groups in total. The third kappa shape index (κ3) is 2.32. The van der Waals surface area contributed by atoms with Gasteiger partial charge in [0.05, 0.1) is 12.2 Å². The molecule has 0 radical (unpaired) electrons. The molecule has 4 nitrogen and oxygen atoms in total. The molecule has 0 aliphatic heterocycles. The Morgan fingerprint density at radius 3 is 3.00 bits per heavy atom. The first-order valence-corrected chi connectivity index (χ1v) is 3.62. The number of aliphatic hydroxyl groups is 1. The predicted octanol–water partition coefficient (Wildman–Crippen LogP) is 0.0582. The molecule has 0 saturated heterocycles. The van der Waals surface area contributed by atoms with Gasteiger partial charge in [0.2, 0.25) is 0 Å². The van der Waals surface area contributed by atoms with Crippen molar-refractivity contribution in [3.05, 3.63) is 17.5 Å². The zero-order chi connectivity index (χ0) is 8.10. The molecule has 11 heavy (non-hydrogen) atoms. The van der Waals surface area contributed by atoms with Gasteiger partial charge in [-0.05, 0) is 12.8 Å². The van der Waals surface area contributed by atoms with Gasteiger partial charge in [-0.15, -0.1) is 0 Å². The number of aliphatic hydroxyl groups excluding tert-OH is 1. The van der Waals surface area contributed by atoms with Gasteiger partial charge in [-0.2, -0.15) is 0 Å². The van der Waals surface area contributed by atoms with Crippen LogP contribution in [0.4, 0.5) is 0 Å². The van der Waals surface area contributed by atoms with Crippen molar-refractivity contribution in [1.29, 1.82) is 0 Å². The third-order valence-corrected chi connectivity index (χ3v) is 1.40. The van der Waals surface area contributed by atoms with Crippen LogP contribution in [-0.2, 0) is 13.0 Å². The van der Waals surface area contributed by atoms with Gasteiger partial charge >= 0.3 is 0 Å². The van der Waals surface area contributed by atoms with Crippen LogP contribution in [0.1, 0.15) is 17.9 Å². The van der Waals surface area contributed by atoms with E-state index in [2.05, 4.69) is 5.16 Å². The molecule has 1 rings (SSSR count). The van der Waals surface area contributed by atoms with Crippen LogP contribution >= 0.6 is 0 Å². The first-order valence-electron chi connectivity index (χ1n) is 3.62. The van der Waals surface area contributed by atoms with Gasteiger partial charge in [-0.25, -0.2) is 0 Å². The van der Waals surface area contributed by atoms with E-state index >= 15 is 0 Å². The molecule has 62 valence electrons. The second-order valence-electron chi connectivity index (χ2n) is 2.32. The molecule has 4 heteroatoms. The summed E-state index contributed by atoms with van der Waals surface area (Å²) in [4.78, 5) is 0. The SMILES string of the molecule is NCc1cc(CCCO)no1. The van der Waals surface area contributed by atoms with Gasteiger partial charge in [0, 0.05) is 12.7 Å². The number of hydrogen-bond donors (Lipinski definition) is 2. The van der Waals surface area contributed by atoms with Crippen molar-refractivity contribution < 1.29 is 9.63 Å². The van der Waals surface area contributed by atoms with Crippen molar-refractivity contribution in [2.45, 2.75) is 19.4 Å². The van der Waals surface area contributed by atoms with Crippen LogP contribution in [0.15, 0.2) is 10.6 Å². The first kappa shape index (κ1) is 8.23. The van der Waals surface area contributed by atoms with Gasteiger partial charge < -0.3 is 15.4 Å². The topological polar surface area (TPSA) is 72.3 Å².